The van der Waals surface area contributed by atoms with E-state index < -0.39 is 6.04 Å². The highest BCUT2D eigenvalue weighted by atomic mass is 16.5. The van der Waals surface area contributed by atoms with Gasteiger partial charge in [-0.3, -0.25) is 4.79 Å². The third-order valence-corrected chi connectivity index (χ3v) is 3.03. The van der Waals surface area contributed by atoms with E-state index in [0.29, 0.717) is 30.4 Å². The molecule has 0 fully saturated rings. The van der Waals surface area contributed by atoms with Crippen molar-refractivity contribution in [1.29, 1.82) is 0 Å². The minimum Gasteiger partial charge on any atom is -0.490 e. The van der Waals surface area contributed by atoms with E-state index in [-0.39, 0.29) is 11.3 Å². The molecule has 1 rings (SSSR count). The third-order valence-electron chi connectivity index (χ3n) is 3.03. The maximum atomic E-state index is 12.1. The van der Waals surface area contributed by atoms with Gasteiger partial charge in [-0.1, -0.05) is 20.8 Å². The Kier molecular flexibility index (Phi) is 6.03. The van der Waals surface area contributed by atoms with Gasteiger partial charge in [0.2, 0.25) is 5.91 Å². The molecule has 1 aromatic carbocycles. The van der Waals surface area contributed by atoms with Crippen molar-refractivity contribution in [2.45, 2.75) is 40.7 Å². The number of carbonyl (C=O) groups is 1. The number of rotatable bonds is 6. The molecule has 0 spiro atoms. The maximum Gasteiger partial charge on any atom is 0.241 e. The Hall–Kier alpha value is -1.75. The molecular formula is C16H26N2O3. The summed E-state index contributed by atoms with van der Waals surface area (Å²) in [6.07, 6.45) is 0. The zero-order valence-corrected chi connectivity index (χ0v) is 13.5. The minimum absolute atomic E-state index is 0.214. The SMILES string of the molecule is CCOc1ccc(NC(=O)C(N)C(C)(C)C)cc1OCC. The van der Waals surface area contributed by atoms with Crippen molar-refractivity contribution in [3.05, 3.63) is 18.2 Å². The lowest BCUT2D eigenvalue weighted by Gasteiger charge is -2.26. The number of anilines is 1. The summed E-state index contributed by atoms with van der Waals surface area (Å²) in [4.78, 5) is 12.1. The van der Waals surface area contributed by atoms with Gasteiger partial charge in [0.25, 0.3) is 0 Å². The van der Waals surface area contributed by atoms with Crippen LogP contribution in [0.4, 0.5) is 5.69 Å². The first kappa shape index (κ1) is 17.3. The third kappa shape index (κ3) is 4.93. The molecule has 21 heavy (non-hydrogen) atoms. The molecule has 1 amide bonds. The number of nitrogens with one attached hydrogen (secondary N) is 1. The zero-order chi connectivity index (χ0) is 16.0. The molecule has 5 nitrogen and oxygen atoms in total. The Morgan fingerprint density at radius 2 is 1.76 bits per heavy atom. The number of amides is 1. The van der Waals surface area contributed by atoms with E-state index in [9.17, 15) is 4.79 Å². The van der Waals surface area contributed by atoms with E-state index in [1.54, 1.807) is 18.2 Å². The Morgan fingerprint density at radius 1 is 1.19 bits per heavy atom. The van der Waals surface area contributed by atoms with Crippen molar-refractivity contribution in [2.24, 2.45) is 11.1 Å². The summed E-state index contributed by atoms with van der Waals surface area (Å²) in [6, 6.07) is 4.73. The first-order valence-electron chi connectivity index (χ1n) is 7.25. The van der Waals surface area contributed by atoms with Gasteiger partial charge in [-0.15, -0.1) is 0 Å². The molecule has 0 aliphatic heterocycles. The van der Waals surface area contributed by atoms with Crippen molar-refractivity contribution >= 4 is 11.6 Å². The molecule has 1 unspecified atom stereocenters. The minimum atomic E-state index is -0.584. The monoisotopic (exact) mass is 294 g/mol. The van der Waals surface area contributed by atoms with Crippen molar-refractivity contribution in [1.82, 2.24) is 0 Å². The van der Waals surface area contributed by atoms with Crippen molar-refractivity contribution in [3.8, 4) is 11.5 Å². The smallest absolute Gasteiger partial charge is 0.241 e. The van der Waals surface area contributed by atoms with Gasteiger partial charge in [-0.2, -0.15) is 0 Å². The summed E-state index contributed by atoms with van der Waals surface area (Å²) in [5.41, 5.74) is 6.30. The first-order chi connectivity index (χ1) is 9.79. The van der Waals surface area contributed by atoms with Gasteiger partial charge in [0.1, 0.15) is 0 Å². The van der Waals surface area contributed by atoms with Crippen molar-refractivity contribution in [3.63, 3.8) is 0 Å². The molecule has 0 radical (unpaired) electrons. The van der Waals surface area contributed by atoms with Crippen LogP contribution in [0.1, 0.15) is 34.6 Å². The highest BCUT2D eigenvalue weighted by Crippen LogP contribution is 2.31. The summed E-state index contributed by atoms with van der Waals surface area (Å²) in [5, 5.41) is 2.82. The predicted octanol–water partition coefficient (Wildman–Crippen LogP) is 2.80. The van der Waals surface area contributed by atoms with E-state index in [0.717, 1.165) is 0 Å². The lowest BCUT2D eigenvalue weighted by molar-refractivity contribution is -0.119. The average Bonchev–Trinajstić information content (AvgIpc) is 2.40. The number of hydrogen-bond acceptors (Lipinski definition) is 4. The number of nitrogens with two attached hydrogens (primary N) is 1. The van der Waals surface area contributed by atoms with Crippen molar-refractivity contribution in [2.75, 3.05) is 18.5 Å². The predicted molar refractivity (Wildman–Crippen MR) is 84.8 cm³/mol. The van der Waals surface area contributed by atoms with E-state index in [1.807, 2.05) is 34.6 Å². The Morgan fingerprint density at radius 3 is 2.29 bits per heavy atom. The Balaban J connectivity index is 2.89. The quantitative estimate of drug-likeness (QED) is 0.846. The molecule has 5 heteroatoms. The molecule has 1 atom stereocenters. The van der Waals surface area contributed by atoms with Gasteiger partial charge in [-0.25, -0.2) is 0 Å². The van der Waals surface area contributed by atoms with Crippen molar-refractivity contribution < 1.29 is 14.3 Å². The van der Waals surface area contributed by atoms with Crippen LogP contribution in [0.15, 0.2) is 18.2 Å². The molecule has 0 aliphatic carbocycles. The topological polar surface area (TPSA) is 73.6 Å². The van der Waals surface area contributed by atoms with E-state index >= 15 is 0 Å². The molecule has 0 aromatic heterocycles. The van der Waals surface area contributed by atoms with Crippen LogP contribution in [0.5, 0.6) is 11.5 Å². The van der Waals surface area contributed by atoms with Gasteiger partial charge in [0.05, 0.1) is 19.3 Å². The number of hydrogen-bond donors (Lipinski definition) is 2. The number of ether oxygens (including phenoxy) is 2. The van der Waals surface area contributed by atoms with Crippen LogP contribution in [0.2, 0.25) is 0 Å². The summed E-state index contributed by atoms with van der Waals surface area (Å²) in [5.74, 6) is 1.06. The van der Waals surface area contributed by atoms with Crippen LogP contribution < -0.4 is 20.5 Å². The molecule has 1 aromatic rings. The summed E-state index contributed by atoms with van der Waals surface area (Å²) in [7, 11) is 0. The number of carbonyl (C=O) groups excluding carboxylic acids is 1. The van der Waals surface area contributed by atoms with Crippen LogP contribution in [0.25, 0.3) is 0 Å². The van der Waals surface area contributed by atoms with Crippen LogP contribution in [-0.2, 0) is 4.79 Å². The van der Waals surface area contributed by atoms with Crippen LogP contribution in [-0.4, -0.2) is 25.2 Å². The van der Waals surface area contributed by atoms with Gasteiger partial charge in [0, 0.05) is 11.8 Å². The van der Waals surface area contributed by atoms with Gasteiger partial charge >= 0.3 is 0 Å². The highest BCUT2D eigenvalue weighted by molar-refractivity contribution is 5.95. The fraction of sp³-hybridized carbons (Fsp3) is 0.562. The summed E-state index contributed by atoms with van der Waals surface area (Å²) >= 11 is 0. The second-order valence-electron chi connectivity index (χ2n) is 5.86. The second kappa shape index (κ2) is 7.31. The highest BCUT2D eigenvalue weighted by Gasteiger charge is 2.27. The second-order valence-corrected chi connectivity index (χ2v) is 5.86. The molecule has 0 aliphatic rings. The summed E-state index contributed by atoms with van der Waals surface area (Å²) < 4.78 is 11.0. The Labute approximate surface area is 126 Å². The van der Waals surface area contributed by atoms with Crippen LogP contribution in [0, 0.1) is 5.41 Å². The van der Waals surface area contributed by atoms with E-state index in [1.165, 1.54) is 0 Å². The van der Waals surface area contributed by atoms with E-state index in [4.69, 9.17) is 15.2 Å². The standard InChI is InChI=1S/C16H26N2O3/c1-6-20-12-9-8-11(10-13(12)21-7-2)18-15(19)14(17)16(3,4)5/h8-10,14H,6-7,17H2,1-5H3,(H,18,19). The summed E-state index contributed by atoms with van der Waals surface area (Å²) in [6.45, 7) is 10.7. The van der Waals surface area contributed by atoms with Crippen LogP contribution >= 0.6 is 0 Å². The molecular weight excluding hydrogens is 268 g/mol. The molecule has 0 bridgehead atoms. The lowest BCUT2D eigenvalue weighted by Crippen LogP contribution is -2.45. The van der Waals surface area contributed by atoms with E-state index in [2.05, 4.69) is 5.32 Å². The normalized spacial score (nSPS) is 12.7. The Bertz CT molecular complexity index is 481. The zero-order valence-electron chi connectivity index (χ0n) is 13.5. The fourth-order valence-corrected chi connectivity index (χ4v) is 1.74. The fourth-order valence-electron chi connectivity index (χ4n) is 1.74. The first-order valence-corrected chi connectivity index (χ1v) is 7.25. The van der Waals surface area contributed by atoms with Gasteiger partial charge in [-0.05, 0) is 31.4 Å². The molecule has 0 heterocycles. The van der Waals surface area contributed by atoms with Gasteiger partial charge in [0.15, 0.2) is 11.5 Å². The van der Waals surface area contributed by atoms with Gasteiger partial charge < -0.3 is 20.5 Å². The molecule has 0 saturated heterocycles. The molecule has 118 valence electrons. The largest absolute Gasteiger partial charge is 0.490 e. The van der Waals surface area contributed by atoms with Crippen LogP contribution in [0.3, 0.4) is 0 Å². The molecule has 3 N–H and O–H groups in total. The lowest BCUT2D eigenvalue weighted by atomic mass is 9.87. The molecule has 0 saturated carbocycles. The average molecular weight is 294 g/mol. The number of benzene rings is 1. The maximum absolute atomic E-state index is 12.1.